The molecule has 2 aliphatic carbocycles. The lowest BCUT2D eigenvalue weighted by Crippen LogP contribution is -2.32. The molecule has 0 bridgehead atoms. The van der Waals surface area contributed by atoms with Crippen LogP contribution in [0.5, 0.6) is 0 Å². The molecule has 1 saturated carbocycles. The lowest BCUT2D eigenvalue weighted by atomic mass is 9.86. The molecule has 18 heteroatoms. The number of alkyl halides is 5. The molecule has 9 nitrogen and oxygen atoms in total. The van der Waals surface area contributed by atoms with Crippen LogP contribution in [-0.4, -0.2) is 70.1 Å². The number of carbonyl (C=O) groups is 2. The first-order valence-electron chi connectivity index (χ1n) is 19.4. The Morgan fingerprint density at radius 1 is 1.08 bits per heavy atom. The van der Waals surface area contributed by atoms with E-state index in [9.17, 15) is 35.8 Å². The van der Waals surface area contributed by atoms with Gasteiger partial charge in [0.15, 0.2) is 11.5 Å². The molecule has 2 unspecified atom stereocenters. The van der Waals surface area contributed by atoms with E-state index in [1.54, 1.807) is 36.2 Å². The molecule has 0 N–H and O–H groups in total. The van der Waals surface area contributed by atoms with Gasteiger partial charge in [0.2, 0.25) is 5.91 Å². The zero-order chi connectivity index (χ0) is 43.9. The molecule has 0 spiro atoms. The van der Waals surface area contributed by atoms with Crippen molar-refractivity contribution < 1.29 is 44.5 Å². The van der Waals surface area contributed by atoms with Crippen LogP contribution in [0.15, 0.2) is 42.5 Å². The van der Waals surface area contributed by atoms with Gasteiger partial charge in [0, 0.05) is 73.2 Å². The zero-order valence-corrected chi connectivity index (χ0v) is 34.6. The number of aryl methyl sites for hydroxylation is 1. The first kappa shape index (κ1) is 42.5. The van der Waals surface area contributed by atoms with Gasteiger partial charge in [0.05, 0.1) is 33.7 Å². The number of likely N-dealkylation sites (tertiary alicyclic amines) is 1. The summed E-state index contributed by atoms with van der Waals surface area (Å²) in [5.74, 6) is 0.0321. The van der Waals surface area contributed by atoms with Gasteiger partial charge < -0.3 is 4.90 Å². The molecule has 5 aromatic rings. The quantitative estimate of drug-likeness (QED) is 0.0797. The van der Waals surface area contributed by atoms with Gasteiger partial charge in [-0.05, 0) is 88.8 Å². The Labute approximate surface area is 351 Å². The normalized spacial score (nSPS) is 20.5. The standard InChI is InChI=1S/C43H38ClF7N6O3S/c1-22(58)56-13-5-6-28(56)9-7-27-8-10-30(31-11-12-34(44)37-35(21-61(3,4)60)53-55(2)39(31)37)38(52-27)24(14-23-15-25(45)18-26(46)16-23)17-29(59)20-57-41-36(40(54-57)43(49,50)51)32-19-33(32)42(41,47)48/h8,10-12,15-16,18,24,28,32-33H,3,5-6,13-14,17,19-21H2,1-2,4H3/t24-,28?,32+,33-,61?/m1/s1. The third kappa shape index (κ3) is 8.16. The smallest absolute Gasteiger partial charge is 0.329 e. The van der Waals surface area contributed by atoms with Crippen LogP contribution in [0.3, 0.4) is 0 Å². The summed E-state index contributed by atoms with van der Waals surface area (Å²) in [5, 5.41) is 8.89. The number of hydrogen-bond acceptors (Lipinski definition) is 6. The van der Waals surface area contributed by atoms with Crippen LogP contribution in [0.4, 0.5) is 30.7 Å². The third-order valence-electron chi connectivity index (χ3n) is 11.5. The number of hydrogen-bond donors (Lipinski definition) is 0. The van der Waals surface area contributed by atoms with E-state index in [0.29, 0.717) is 51.4 Å². The van der Waals surface area contributed by atoms with Crippen molar-refractivity contribution in [2.45, 2.75) is 81.3 Å². The van der Waals surface area contributed by atoms with Gasteiger partial charge in [-0.1, -0.05) is 23.6 Å². The Kier molecular flexibility index (Phi) is 10.7. The highest BCUT2D eigenvalue weighted by Gasteiger charge is 2.68. The molecule has 2 fully saturated rings. The van der Waals surface area contributed by atoms with Crippen molar-refractivity contribution in [3.8, 4) is 23.0 Å². The maximum atomic E-state index is 15.5. The monoisotopic (exact) mass is 886 g/mol. The largest absolute Gasteiger partial charge is 0.435 e. The van der Waals surface area contributed by atoms with Crippen LogP contribution in [-0.2, 0) is 57.0 Å². The topological polar surface area (TPSA) is 103 Å². The van der Waals surface area contributed by atoms with Gasteiger partial charge in [-0.25, -0.2) is 13.8 Å². The lowest BCUT2D eigenvalue weighted by Gasteiger charge is -2.22. The molecule has 3 aromatic heterocycles. The van der Waals surface area contributed by atoms with Crippen LogP contribution in [0.25, 0.3) is 22.0 Å². The fourth-order valence-electron chi connectivity index (χ4n) is 8.98. The number of ketones is 1. The van der Waals surface area contributed by atoms with Crippen molar-refractivity contribution in [3.63, 3.8) is 0 Å². The maximum Gasteiger partial charge on any atom is 0.435 e. The van der Waals surface area contributed by atoms with E-state index in [2.05, 4.69) is 27.9 Å². The summed E-state index contributed by atoms with van der Waals surface area (Å²) in [5.41, 5.74) is -0.752. The number of rotatable bonds is 10. The number of carbonyl (C=O) groups excluding carboxylic acids is 2. The van der Waals surface area contributed by atoms with E-state index >= 15 is 8.78 Å². The second kappa shape index (κ2) is 15.3. The number of fused-ring (bicyclic) bond motifs is 4. The summed E-state index contributed by atoms with van der Waals surface area (Å²) >= 11 is 6.74. The summed E-state index contributed by atoms with van der Waals surface area (Å²) < 4.78 is 118. The first-order chi connectivity index (χ1) is 28.6. The summed E-state index contributed by atoms with van der Waals surface area (Å²) in [7, 11) is -0.953. The van der Waals surface area contributed by atoms with E-state index in [4.69, 9.17) is 16.6 Å². The minimum Gasteiger partial charge on any atom is -0.329 e. The van der Waals surface area contributed by atoms with E-state index in [1.165, 1.54) is 17.9 Å². The minimum absolute atomic E-state index is 0.0123. The molecular formula is C43H38ClF7N6O3S. The number of nitrogens with zero attached hydrogens (tertiary/aromatic N) is 6. The van der Waals surface area contributed by atoms with Crippen molar-refractivity contribution in [2.75, 3.05) is 12.8 Å². The van der Waals surface area contributed by atoms with Crippen molar-refractivity contribution >= 4 is 49.6 Å². The van der Waals surface area contributed by atoms with Gasteiger partial charge in [-0.2, -0.15) is 32.1 Å². The Morgan fingerprint density at radius 2 is 1.79 bits per heavy atom. The van der Waals surface area contributed by atoms with Crippen LogP contribution in [0.1, 0.15) is 84.0 Å². The fraction of sp³-hybridized carbons (Fsp3) is 0.395. The SMILES string of the molecule is C=S(C)(=O)Cc1nn(C)c2c(-c3ccc(C#CC4CCCN4C(C)=O)nc3[C@@H](CC(=O)Cn3nc(C(F)(F)F)c4c3C(F)(F)[C@@H]3C[C@H]43)Cc3cc(F)cc(F)c3)ccc(Cl)c12. The number of amides is 1. The summed E-state index contributed by atoms with van der Waals surface area (Å²) in [6.07, 6.45) is -3.12. The molecule has 1 amide bonds. The summed E-state index contributed by atoms with van der Waals surface area (Å²) in [6, 6.07) is 8.98. The molecule has 5 atom stereocenters. The second-order valence-corrected chi connectivity index (χ2v) is 19.3. The van der Waals surface area contributed by atoms with Gasteiger partial charge in [-0.3, -0.25) is 23.2 Å². The van der Waals surface area contributed by atoms with Gasteiger partial charge in [0.25, 0.3) is 5.92 Å². The van der Waals surface area contributed by atoms with E-state index in [1.807, 2.05) is 0 Å². The Balaban J connectivity index is 1.28. The predicted octanol–water partition coefficient (Wildman–Crippen LogP) is 8.19. The van der Waals surface area contributed by atoms with E-state index in [-0.39, 0.29) is 46.5 Å². The summed E-state index contributed by atoms with van der Waals surface area (Å²) in [6.45, 7) is 1.02. The van der Waals surface area contributed by atoms with Crippen LogP contribution in [0, 0.1) is 29.4 Å². The van der Waals surface area contributed by atoms with Gasteiger partial charge >= 0.3 is 6.18 Å². The molecule has 3 aliphatic rings. The number of benzene rings is 2. The number of aromatic nitrogens is 5. The first-order valence-corrected chi connectivity index (χ1v) is 22.1. The second-order valence-electron chi connectivity index (χ2n) is 16.2. The fourth-order valence-corrected chi connectivity index (χ4v) is 10.0. The molecule has 1 aliphatic heterocycles. The van der Waals surface area contributed by atoms with Crippen LogP contribution in [0.2, 0.25) is 5.02 Å². The highest BCUT2D eigenvalue weighted by molar-refractivity contribution is 7.98. The van der Waals surface area contributed by atoms with Crippen molar-refractivity contribution in [1.29, 1.82) is 0 Å². The highest BCUT2D eigenvalue weighted by Crippen LogP contribution is 2.68. The number of halogens is 8. The number of pyridine rings is 1. The number of Topliss-reactive ketones (excluding diaryl/α,β-unsaturated/α-hetero) is 1. The van der Waals surface area contributed by atoms with Gasteiger partial charge in [0.1, 0.15) is 29.6 Å². The average Bonchev–Trinajstić information content (AvgIpc) is 3.37. The van der Waals surface area contributed by atoms with Crippen molar-refractivity contribution in [1.82, 2.24) is 29.4 Å². The molecule has 320 valence electrons. The Morgan fingerprint density at radius 3 is 2.46 bits per heavy atom. The van der Waals surface area contributed by atoms with Crippen LogP contribution < -0.4 is 0 Å². The molecule has 2 aromatic carbocycles. The maximum absolute atomic E-state index is 15.5. The minimum atomic E-state index is -5.05. The molecule has 61 heavy (non-hydrogen) atoms. The van der Waals surface area contributed by atoms with Crippen LogP contribution >= 0.6 is 11.6 Å². The molecule has 8 rings (SSSR count). The van der Waals surface area contributed by atoms with Crippen molar-refractivity contribution in [2.24, 2.45) is 13.0 Å². The molecule has 1 saturated heterocycles. The molecular weight excluding hydrogens is 849 g/mol. The Bertz CT molecular complexity index is 2810. The van der Waals surface area contributed by atoms with Crippen molar-refractivity contribution in [3.05, 3.63) is 98.7 Å². The van der Waals surface area contributed by atoms with Gasteiger partial charge in [-0.15, -0.1) is 0 Å². The van der Waals surface area contributed by atoms with E-state index < -0.39 is 92.8 Å². The summed E-state index contributed by atoms with van der Waals surface area (Å²) in [4.78, 5) is 33.0. The highest BCUT2D eigenvalue weighted by atomic mass is 35.5. The Hall–Kier alpha value is -5.21. The third-order valence-corrected chi connectivity index (χ3v) is 12.7. The molecule has 0 radical (unpaired) electrons. The predicted molar refractivity (Wildman–Crippen MR) is 216 cm³/mol. The van der Waals surface area contributed by atoms with E-state index in [0.717, 1.165) is 18.6 Å². The average molecular weight is 887 g/mol. The molecule has 4 heterocycles. The lowest BCUT2D eigenvalue weighted by molar-refractivity contribution is -0.142. The zero-order valence-electron chi connectivity index (χ0n) is 33.1.